The first-order valence-electron chi connectivity index (χ1n) is 7.33. The second-order valence-corrected chi connectivity index (χ2v) is 6.01. The summed E-state index contributed by atoms with van der Waals surface area (Å²) in [6.45, 7) is 1.66. The number of benzene rings is 1. The Hall–Kier alpha value is -2.97. The van der Waals surface area contributed by atoms with E-state index in [-0.39, 0.29) is 17.3 Å². The number of carbonyl (C=O) groups is 2. The fourth-order valence-corrected chi connectivity index (χ4v) is 2.76. The van der Waals surface area contributed by atoms with Gasteiger partial charge in [-0.15, -0.1) is 5.10 Å². The number of carbonyl (C=O) groups excluding carboxylic acids is 2. The van der Waals surface area contributed by atoms with Crippen LogP contribution in [-0.2, 0) is 0 Å². The van der Waals surface area contributed by atoms with Crippen molar-refractivity contribution in [1.29, 1.82) is 0 Å². The molecule has 0 aliphatic carbocycles. The highest BCUT2D eigenvalue weighted by atomic mass is 35.5. The second-order valence-electron chi connectivity index (χ2n) is 5.19. The van der Waals surface area contributed by atoms with Crippen molar-refractivity contribution in [1.82, 2.24) is 19.7 Å². The van der Waals surface area contributed by atoms with Crippen LogP contribution in [-0.4, -0.2) is 31.6 Å². The van der Waals surface area contributed by atoms with E-state index in [9.17, 15) is 9.59 Å². The third-order valence-corrected chi connectivity index (χ3v) is 3.97. The van der Waals surface area contributed by atoms with Gasteiger partial charge in [0.25, 0.3) is 11.8 Å². The van der Waals surface area contributed by atoms with E-state index in [1.807, 2.05) is 0 Å². The number of rotatable bonds is 4. The number of hydrogen-bond acceptors (Lipinski definition) is 5. The van der Waals surface area contributed by atoms with Gasteiger partial charge in [-0.1, -0.05) is 35.3 Å². The number of aromatic nitrogens is 4. The van der Waals surface area contributed by atoms with E-state index in [2.05, 4.69) is 20.4 Å². The Balaban J connectivity index is 1.90. The number of para-hydroxylation sites is 1. The van der Waals surface area contributed by atoms with Crippen molar-refractivity contribution in [2.24, 2.45) is 5.73 Å². The summed E-state index contributed by atoms with van der Waals surface area (Å²) >= 11 is 12.3. The van der Waals surface area contributed by atoms with Crippen molar-refractivity contribution >= 4 is 40.8 Å². The van der Waals surface area contributed by atoms with E-state index in [0.29, 0.717) is 21.6 Å². The maximum Gasteiger partial charge on any atom is 0.296 e. The molecule has 2 aromatic heterocycles. The van der Waals surface area contributed by atoms with Gasteiger partial charge in [-0.25, -0.2) is 14.6 Å². The molecule has 0 atom stereocenters. The predicted molar refractivity (Wildman–Crippen MR) is 96.8 cm³/mol. The van der Waals surface area contributed by atoms with Crippen LogP contribution in [0, 0.1) is 6.92 Å². The number of pyridine rings is 1. The topological polar surface area (TPSA) is 116 Å². The zero-order valence-electron chi connectivity index (χ0n) is 13.4. The van der Waals surface area contributed by atoms with E-state index >= 15 is 0 Å². The van der Waals surface area contributed by atoms with Gasteiger partial charge in [0.1, 0.15) is 23.0 Å². The van der Waals surface area contributed by atoms with Gasteiger partial charge in [0.15, 0.2) is 0 Å². The number of amides is 2. The highest BCUT2D eigenvalue weighted by Crippen LogP contribution is 2.28. The normalized spacial score (nSPS) is 10.6. The van der Waals surface area contributed by atoms with Gasteiger partial charge in [0.05, 0.1) is 10.0 Å². The lowest BCUT2D eigenvalue weighted by Crippen LogP contribution is -2.18. The Kier molecular flexibility index (Phi) is 4.88. The molecular formula is C16H12Cl2N6O2. The molecule has 0 spiro atoms. The van der Waals surface area contributed by atoms with Crippen LogP contribution >= 0.6 is 23.2 Å². The molecule has 10 heteroatoms. The Bertz CT molecular complexity index is 997. The van der Waals surface area contributed by atoms with E-state index in [4.69, 9.17) is 28.9 Å². The summed E-state index contributed by atoms with van der Waals surface area (Å²) in [4.78, 5) is 31.6. The Labute approximate surface area is 158 Å². The van der Waals surface area contributed by atoms with Crippen LogP contribution in [0.15, 0.2) is 36.4 Å². The molecule has 2 amide bonds. The average Bonchev–Trinajstić information content (AvgIpc) is 2.97. The summed E-state index contributed by atoms with van der Waals surface area (Å²) in [5.74, 6) is -0.846. The fraction of sp³-hybridized carbons (Fsp3) is 0.0625. The minimum Gasteiger partial charge on any atom is -0.364 e. The minimum atomic E-state index is -0.701. The Morgan fingerprint density at radius 1 is 1.08 bits per heavy atom. The second kappa shape index (κ2) is 7.11. The molecular weight excluding hydrogens is 379 g/mol. The number of nitrogens with two attached hydrogens (primary N) is 1. The van der Waals surface area contributed by atoms with Crippen molar-refractivity contribution < 1.29 is 9.59 Å². The zero-order chi connectivity index (χ0) is 18.8. The third-order valence-electron chi connectivity index (χ3n) is 3.36. The summed E-state index contributed by atoms with van der Waals surface area (Å²) in [6, 6.07) is 9.51. The first-order chi connectivity index (χ1) is 12.4. The van der Waals surface area contributed by atoms with Gasteiger partial charge < -0.3 is 11.1 Å². The van der Waals surface area contributed by atoms with E-state index in [1.165, 1.54) is 16.8 Å². The molecule has 0 radical (unpaired) electrons. The van der Waals surface area contributed by atoms with Gasteiger partial charge in [-0.2, -0.15) is 0 Å². The van der Waals surface area contributed by atoms with Crippen LogP contribution in [0.5, 0.6) is 0 Å². The van der Waals surface area contributed by atoms with Crippen LogP contribution < -0.4 is 11.1 Å². The number of anilines is 1. The molecule has 3 N–H and O–H groups in total. The van der Waals surface area contributed by atoms with Gasteiger partial charge in [-0.05, 0) is 31.2 Å². The molecule has 1 aromatic carbocycles. The molecule has 3 aromatic rings. The molecule has 0 fully saturated rings. The average molecular weight is 391 g/mol. The summed E-state index contributed by atoms with van der Waals surface area (Å²) in [6.07, 6.45) is 0. The number of primary amides is 1. The van der Waals surface area contributed by atoms with Crippen molar-refractivity contribution in [2.75, 3.05) is 5.32 Å². The van der Waals surface area contributed by atoms with Gasteiger partial charge in [-0.3, -0.25) is 9.59 Å². The Morgan fingerprint density at radius 3 is 2.38 bits per heavy atom. The molecule has 2 heterocycles. The standard InChI is InChI=1S/C16H12Cl2N6O2/c1-8-20-15(23-24(8)13-9(17)4-2-5-10(13)18)16(26)22-12-7-3-6-11(21-12)14(19)25/h2-7H,1H3,(H2,19,25)(H,21,22,26). The molecule has 0 saturated heterocycles. The number of nitrogens with one attached hydrogen (secondary N) is 1. The molecule has 3 rings (SSSR count). The van der Waals surface area contributed by atoms with Crippen LogP contribution in [0.2, 0.25) is 10.0 Å². The molecule has 0 bridgehead atoms. The van der Waals surface area contributed by atoms with Crippen LogP contribution in [0.4, 0.5) is 5.82 Å². The van der Waals surface area contributed by atoms with Crippen molar-refractivity contribution in [2.45, 2.75) is 6.92 Å². The molecule has 132 valence electrons. The van der Waals surface area contributed by atoms with E-state index in [0.717, 1.165) is 0 Å². The third kappa shape index (κ3) is 3.51. The highest BCUT2D eigenvalue weighted by Gasteiger charge is 2.19. The smallest absolute Gasteiger partial charge is 0.296 e. The van der Waals surface area contributed by atoms with Crippen LogP contribution in [0.25, 0.3) is 5.69 Å². The zero-order valence-corrected chi connectivity index (χ0v) is 14.9. The quantitative estimate of drug-likeness (QED) is 0.709. The maximum atomic E-state index is 12.4. The fourth-order valence-electron chi connectivity index (χ4n) is 2.20. The lowest BCUT2D eigenvalue weighted by atomic mass is 10.3. The largest absolute Gasteiger partial charge is 0.364 e. The van der Waals surface area contributed by atoms with Gasteiger partial charge in [0, 0.05) is 0 Å². The molecule has 0 aliphatic rings. The molecule has 0 saturated carbocycles. The molecule has 26 heavy (non-hydrogen) atoms. The number of hydrogen-bond donors (Lipinski definition) is 2. The van der Waals surface area contributed by atoms with Crippen molar-refractivity contribution in [3.8, 4) is 5.69 Å². The highest BCUT2D eigenvalue weighted by molar-refractivity contribution is 6.37. The van der Waals surface area contributed by atoms with E-state index < -0.39 is 11.8 Å². The minimum absolute atomic E-state index is 0.0281. The first-order valence-corrected chi connectivity index (χ1v) is 8.08. The molecule has 0 aliphatic heterocycles. The first kappa shape index (κ1) is 17.8. The number of halogens is 2. The van der Waals surface area contributed by atoms with Gasteiger partial charge in [0.2, 0.25) is 5.82 Å². The summed E-state index contributed by atoms with van der Waals surface area (Å²) in [7, 11) is 0. The van der Waals surface area contributed by atoms with E-state index in [1.54, 1.807) is 31.2 Å². The van der Waals surface area contributed by atoms with Crippen LogP contribution in [0.3, 0.4) is 0 Å². The molecule has 8 nitrogen and oxygen atoms in total. The number of aryl methyl sites for hydroxylation is 1. The van der Waals surface area contributed by atoms with Gasteiger partial charge >= 0.3 is 0 Å². The lowest BCUT2D eigenvalue weighted by Gasteiger charge is -2.07. The monoisotopic (exact) mass is 390 g/mol. The summed E-state index contributed by atoms with van der Waals surface area (Å²) in [5, 5.41) is 7.41. The maximum absolute atomic E-state index is 12.4. The van der Waals surface area contributed by atoms with Crippen LogP contribution in [0.1, 0.15) is 26.9 Å². The Morgan fingerprint density at radius 2 is 1.73 bits per heavy atom. The summed E-state index contributed by atoms with van der Waals surface area (Å²) < 4.78 is 1.38. The predicted octanol–water partition coefficient (Wildman–Crippen LogP) is 2.63. The SMILES string of the molecule is Cc1nc(C(=O)Nc2cccc(C(N)=O)n2)nn1-c1c(Cl)cccc1Cl. The summed E-state index contributed by atoms with van der Waals surface area (Å²) in [5.41, 5.74) is 5.63. The molecule has 0 unspecified atom stereocenters. The lowest BCUT2D eigenvalue weighted by molar-refractivity contribution is 0.0989. The number of nitrogens with zero attached hydrogens (tertiary/aromatic N) is 4. The van der Waals surface area contributed by atoms with Crippen molar-refractivity contribution in [3.05, 3.63) is 63.8 Å². The van der Waals surface area contributed by atoms with Crippen molar-refractivity contribution in [3.63, 3.8) is 0 Å².